The maximum Gasteiger partial charge on any atom is 0.256 e. The Bertz CT molecular complexity index is 1010. The number of nitrogens with one attached hydrogen (secondary N) is 1. The Hall–Kier alpha value is -2.37. The predicted molar refractivity (Wildman–Crippen MR) is 118 cm³/mol. The number of carbonyl (C=O) groups excluding carboxylic acids is 1. The second-order valence-corrected chi connectivity index (χ2v) is 8.56. The van der Waals surface area contributed by atoms with Crippen LogP contribution in [0.1, 0.15) is 27.2 Å². The van der Waals surface area contributed by atoms with Crippen LogP contribution in [0, 0.1) is 13.8 Å². The van der Waals surface area contributed by atoms with Crippen molar-refractivity contribution < 1.29 is 4.79 Å². The highest BCUT2D eigenvalue weighted by atomic mass is 32.2. The van der Waals surface area contributed by atoms with Crippen molar-refractivity contribution in [2.24, 2.45) is 0 Å². The number of thioether (sulfide) groups is 1. The van der Waals surface area contributed by atoms with Gasteiger partial charge in [-0.1, -0.05) is 29.8 Å². The third kappa shape index (κ3) is 4.21. The molecule has 2 heterocycles. The van der Waals surface area contributed by atoms with Crippen LogP contribution in [-0.4, -0.2) is 40.4 Å². The SMILES string of the molecule is Cc1ccc2nc(C)cc(C(=O)Nc3ccccc3CN3CCSCC3)c2c1. The van der Waals surface area contributed by atoms with Crippen LogP contribution in [0.5, 0.6) is 0 Å². The van der Waals surface area contributed by atoms with E-state index in [0.29, 0.717) is 5.56 Å². The largest absolute Gasteiger partial charge is 0.322 e. The number of benzene rings is 2. The second-order valence-electron chi connectivity index (χ2n) is 7.33. The summed E-state index contributed by atoms with van der Waals surface area (Å²) in [7, 11) is 0. The van der Waals surface area contributed by atoms with Crippen LogP contribution < -0.4 is 5.32 Å². The average Bonchev–Trinajstić information content (AvgIpc) is 2.70. The highest BCUT2D eigenvalue weighted by molar-refractivity contribution is 7.99. The van der Waals surface area contributed by atoms with Crippen LogP contribution in [0.3, 0.4) is 0 Å². The Labute approximate surface area is 170 Å². The molecule has 4 nitrogen and oxygen atoms in total. The summed E-state index contributed by atoms with van der Waals surface area (Å²) in [5.41, 5.74) is 5.55. The van der Waals surface area contributed by atoms with Crippen molar-refractivity contribution >= 4 is 34.3 Å². The molecule has 0 radical (unpaired) electrons. The summed E-state index contributed by atoms with van der Waals surface area (Å²) in [6.45, 7) is 7.03. The Morgan fingerprint density at radius 2 is 1.89 bits per heavy atom. The van der Waals surface area contributed by atoms with Gasteiger partial charge in [0.15, 0.2) is 0 Å². The maximum absolute atomic E-state index is 13.2. The van der Waals surface area contributed by atoms with Crippen molar-refractivity contribution in [1.29, 1.82) is 0 Å². The molecule has 1 aliphatic heterocycles. The molecular weight excluding hydrogens is 366 g/mol. The molecule has 1 aromatic heterocycles. The van der Waals surface area contributed by atoms with E-state index in [0.717, 1.165) is 53.0 Å². The average molecular weight is 392 g/mol. The number of fused-ring (bicyclic) bond motifs is 1. The molecule has 3 aromatic rings. The number of aryl methyl sites for hydroxylation is 2. The van der Waals surface area contributed by atoms with Gasteiger partial charge in [-0.2, -0.15) is 11.8 Å². The van der Waals surface area contributed by atoms with Crippen LogP contribution in [0.25, 0.3) is 10.9 Å². The number of aromatic nitrogens is 1. The molecule has 1 amide bonds. The fourth-order valence-electron chi connectivity index (χ4n) is 3.63. The summed E-state index contributed by atoms with van der Waals surface area (Å²) >= 11 is 2.01. The molecule has 144 valence electrons. The number of para-hydroxylation sites is 1. The van der Waals surface area contributed by atoms with E-state index in [2.05, 4.69) is 21.3 Å². The first-order valence-corrected chi connectivity index (χ1v) is 10.8. The van der Waals surface area contributed by atoms with Crippen LogP contribution in [0.4, 0.5) is 5.69 Å². The quantitative estimate of drug-likeness (QED) is 0.703. The van der Waals surface area contributed by atoms with Gasteiger partial charge < -0.3 is 5.32 Å². The lowest BCUT2D eigenvalue weighted by Gasteiger charge is -2.27. The molecular formula is C23H25N3OS. The zero-order valence-electron chi connectivity index (χ0n) is 16.4. The van der Waals surface area contributed by atoms with E-state index in [-0.39, 0.29) is 5.91 Å². The van der Waals surface area contributed by atoms with Gasteiger partial charge in [-0.15, -0.1) is 0 Å². The first-order valence-electron chi connectivity index (χ1n) is 9.67. The van der Waals surface area contributed by atoms with E-state index in [1.54, 1.807) is 0 Å². The van der Waals surface area contributed by atoms with Gasteiger partial charge in [-0.25, -0.2) is 0 Å². The van der Waals surface area contributed by atoms with Gasteiger partial charge in [0.1, 0.15) is 0 Å². The van der Waals surface area contributed by atoms with Gasteiger partial charge in [0.05, 0.1) is 11.1 Å². The zero-order valence-corrected chi connectivity index (χ0v) is 17.2. The number of nitrogens with zero attached hydrogens (tertiary/aromatic N) is 2. The van der Waals surface area contributed by atoms with Crippen LogP contribution in [-0.2, 0) is 6.54 Å². The standard InChI is InChI=1S/C23H25N3OS/c1-16-7-8-22-19(13-16)20(14-17(2)24-22)23(27)25-21-6-4-3-5-18(21)15-26-9-11-28-12-10-26/h3-8,13-14H,9-12,15H2,1-2H3,(H,25,27). The van der Waals surface area contributed by atoms with Crippen molar-refractivity contribution in [3.63, 3.8) is 0 Å². The van der Waals surface area contributed by atoms with Gasteiger partial charge in [0.25, 0.3) is 5.91 Å². The number of pyridine rings is 1. The number of hydrogen-bond donors (Lipinski definition) is 1. The summed E-state index contributed by atoms with van der Waals surface area (Å²) in [6, 6.07) is 16.0. The normalized spacial score (nSPS) is 14.9. The molecule has 5 heteroatoms. The van der Waals surface area contributed by atoms with Crippen LogP contribution in [0.15, 0.2) is 48.5 Å². The molecule has 4 rings (SSSR count). The molecule has 0 bridgehead atoms. The monoisotopic (exact) mass is 391 g/mol. The molecule has 0 saturated carbocycles. The summed E-state index contributed by atoms with van der Waals surface area (Å²) < 4.78 is 0. The first-order chi connectivity index (χ1) is 13.6. The van der Waals surface area contributed by atoms with E-state index in [1.807, 2.05) is 68.1 Å². The summed E-state index contributed by atoms with van der Waals surface area (Å²) in [5, 5.41) is 4.05. The lowest BCUT2D eigenvalue weighted by atomic mass is 10.0. The number of amides is 1. The zero-order chi connectivity index (χ0) is 19.5. The number of anilines is 1. The summed E-state index contributed by atoms with van der Waals surface area (Å²) in [5.74, 6) is 2.27. The third-order valence-corrected chi connectivity index (χ3v) is 6.04. The van der Waals surface area contributed by atoms with Crippen molar-refractivity contribution in [2.75, 3.05) is 29.9 Å². The molecule has 28 heavy (non-hydrogen) atoms. The van der Waals surface area contributed by atoms with Crippen molar-refractivity contribution in [3.05, 3.63) is 70.9 Å². The van der Waals surface area contributed by atoms with E-state index < -0.39 is 0 Å². The van der Waals surface area contributed by atoms with E-state index in [9.17, 15) is 4.79 Å². The van der Waals surface area contributed by atoms with E-state index >= 15 is 0 Å². The minimum absolute atomic E-state index is 0.0808. The highest BCUT2D eigenvalue weighted by Gasteiger charge is 2.16. The first kappa shape index (κ1) is 19.0. The van der Waals surface area contributed by atoms with Gasteiger partial charge in [-0.3, -0.25) is 14.7 Å². The number of hydrogen-bond acceptors (Lipinski definition) is 4. The fraction of sp³-hybridized carbons (Fsp3) is 0.304. The lowest BCUT2D eigenvalue weighted by Crippen LogP contribution is -2.32. The lowest BCUT2D eigenvalue weighted by molar-refractivity contribution is 0.102. The topological polar surface area (TPSA) is 45.2 Å². The molecule has 0 aliphatic carbocycles. The predicted octanol–water partition coefficient (Wildman–Crippen LogP) is 4.65. The maximum atomic E-state index is 13.2. The van der Waals surface area contributed by atoms with Gasteiger partial charge in [0.2, 0.25) is 0 Å². The smallest absolute Gasteiger partial charge is 0.256 e. The molecule has 0 spiro atoms. The minimum Gasteiger partial charge on any atom is -0.322 e. The Morgan fingerprint density at radius 1 is 1.11 bits per heavy atom. The van der Waals surface area contributed by atoms with Crippen LogP contribution >= 0.6 is 11.8 Å². The van der Waals surface area contributed by atoms with E-state index in [1.165, 1.54) is 11.5 Å². The van der Waals surface area contributed by atoms with Gasteiger partial charge in [0, 0.05) is 47.9 Å². The van der Waals surface area contributed by atoms with Gasteiger partial charge >= 0.3 is 0 Å². The third-order valence-electron chi connectivity index (χ3n) is 5.10. The summed E-state index contributed by atoms with van der Waals surface area (Å²) in [4.78, 5) is 20.2. The molecule has 0 unspecified atom stereocenters. The molecule has 2 aromatic carbocycles. The molecule has 1 N–H and O–H groups in total. The number of carbonyl (C=O) groups is 1. The minimum atomic E-state index is -0.0808. The van der Waals surface area contributed by atoms with Crippen LogP contribution in [0.2, 0.25) is 0 Å². The van der Waals surface area contributed by atoms with E-state index in [4.69, 9.17) is 0 Å². The van der Waals surface area contributed by atoms with Crippen molar-refractivity contribution in [3.8, 4) is 0 Å². The number of rotatable bonds is 4. The second kappa shape index (κ2) is 8.33. The molecule has 1 fully saturated rings. The van der Waals surface area contributed by atoms with Gasteiger partial charge in [-0.05, 0) is 43.7 Å². The Balaban J connectivity index is 1.62. The van der Waals surface area contributed by atoms with Crippen molar-refractivity contribution in [1.82, 2.24) is 9.88 Å². The van der Waals surface area contributed by atoms with Crippen molar-refractivity contribution in [2.45, 2.75) is 20.4 Å². The molecule has 0 atom stereocenters. The fourth-order valence-corrected chi connectivity index (χ4v) is 4.61. The molecule has 1 aliphatic rings. The Morgan fingerprint density at radius 3 is 2.71 bits per heavy atom. The molecule has 1 saturated heterocycles. The highest BCUT2D eigenvalue weighted by Crippen LogP contribution is 2.24. The summed E-state index contributed by atoms with van der Waals surface area (Å²) in [6.07, 6.45) is 0. The Kier molecular flexibility index (Phi) is 5.64.